The summed E-state index contributed by atoms with van der Waals surface area (Å²) in [6.45, 7) is 4.74. The van der Waals surface area contributed by atoms with Crippen molar-refractivity contribution < 1.29 is 4.74 Å². The van der Waals surface area contributed by atoms with Crippen LogP contribution in [0, 0.1) is 0 Å². The Labute approximate surface area is 177 Å². The van der Waals surface area contributed by atoms with Crippen LogP contribution in [-0.2, 0) is 16.6 Å². The lowest BCUT2D eigenvalue weighted by Gasteiger charge is -2.40. The molecule has 9 heteroatoms. The van der Waals surface area contributed by atoms with E-state index in [1.807, 2.05) is 0 Å². The molecule has 8 nitrogen and oxygen atoms in total. The average Bonchev–Trinajstić information content (AvgIpc) is 3.41. The van der Waals surface area contributed by atoms with Crippen molar-refractivity contribution in [2.75, 3.05) is 49.2 Å². The van der Waals surface area contributed by atoms with Gasteiger partial charge in [0.05, 0.1) is 24.3 Å². The number of thiophene rings is 1. The Morgan fingerprint density at radius 1 is 1.07 bits per heavy atom. The second-order valence-corrected chi connectivity index (χ2v) is 9.31. The lowest BCUT2D eigenvalue weighted by atomic mass is 9.76. The number of ether oxygens (including phenoxy) is 1. The van der Waals surface area contributed by atoms with Crippen LogP contribution in [0.25, 0.3) is 10.2 Å². The number of aromatic nitrogens is 4. The molecule has 30 heavy (non-hydrogen) atoms. The summed E-state index contributed by atoms with van der Waals surface area (Å²) in [5.74, 6) is 1.74. The molecule has 0 saturated carbocycles. The maximum atomic E-state index is 12.8. The molecule has 0 radical (unpaired) electrons. The quantitative estimate of drug-likeness (QED) is 0.674. The first-order valence-corrected chi connectivity index (χ1v) is 11.5. The van der Waals surface area contributed by atoms with Gasteiger partial charge < -0.3 is 14.5 Å². The van der Waals surface area contributed by atoms with Gasteiger partial charge in [-0.15, -0.1) is 11.3 Å². The molecule has 2 saturated heterocycles. The molecule has 1 aliphatic carbocycles. The number of nitrogens with zero attached hydrogens (tertiary/aromatic N) is 5. The Morgan fingerprint density at radius 2 is 1.90 bits per heavy atom. The number of fused-ring (bicyclic) bond motifs is 3. The van der Waals surface area contributed by atoms with E-state index in [2.05, 4.69) is 36.2 Å². The molecule has 2 fully saturated rings. The van der Waals surface area contributed by atoms with Crippen LogP contribution in [0.4, 0.5) is 11.8 Å². The van der Waals surface area contributed by atoms with Crippen LogP contribution in [0.5, 0.6) is 0 Å². The fourth-order valence-corrected chi connectivity index (χ4v) is 5.95. The molecular formula is C21H24N6O2S. The number of piperidine rings is 1. The molecule has 156 valence electrons. The minimum atomic E-state index is 0.00191. The maximum absolute atomic E-state index is 12.8. The van der Waals surface area contributed by atoms with Crippen molar-refractivity contribution in [2.45, 2.75) is 31.1 Å². The van der Waals surface area contributed by atoms with Crippen molar-refractivity contribution in [3.63, 3.8) is 0 Å². The van der Waals surface area contributed by atoms with Gasteiger partial charge in [-0.3, -0.25) is 9.78 Å². The zero-order valence-corrected chi connectivity index (χ0v) is 17.6. The predicted octanol–water partition coefficient (Wildman–Crippen LogP) is 2.10. The van der Waals surface area contributed by atoms with E-state index in [9.17, 15) is 4.79 Å². The highest BCUT2D eigenvalue weighted by molar-refractivity contribution is 7.16. The van der Waals surface area contributed by atoms with Crippen LogP contribution in [-0.4, -0.2) is 59.3 Å². The van der Waals surface area contributed by atoms with E-state index in [4.69, 9.17) is 9.72 Å². The van der Waals surface area contributed by atoms with Crippen molar-refractivity contribution in [1.29, 1.82) is 0 Å². The number of H-pyrrole nitrogens is 1. The van der Waals surface area contributed by atoms with Gasteiger partial charge in [-0.2, -0.15) is 0 Å². The highest BCUT2D eigenvalue weighted by Crippen LogP contribution is 2.45. The van der Waals surface area contributed by atoms with E-state index in [0.29, 0.717) is 19.2 Å². The molecule has 0 unspecified atom stereocenters. The van der Waals surface area contributed by atoms with Gasteiger partial charge >= 0.3 is 0 Å². The molecule has 0 aromatic carbocycles. The summed E-state index contributed by atoms with van der Waals surface area (Å²) in [5.41, 5.74) is 1.97. The molecule has 5 heterocycles. The fraction of sp³-hybridized carbons (Fsp3) is 0.524. The van der Waals surface area contributed by atoms with E-state index in [-0.39, 0.29) is 11.0 Å². The van der Waals surface area contributed by atoms with E-state index < -0.39 is 0 Å². The van der Waals surface area contributed by atoms with Crippen LogP contribution in [0.2, 0.25) is 0 Å². The summed E-state index contributed by atoms with van der Waals surface area (Å²) in [4.78, 5) is 35.4. The predicted molar refractivity (Wildman–Crippen MR) is 117 cm³/mol. The van der Waals surface area contributed by atoms with Crippen LogP contribution < -0.4 is 15.4 Å². The highest BCUT2D eigenvalue weighted by Gasteiger charge is 2.44. The first-order chi connectivity index (χ1) is 14.7. The van der Waals surface area contributed by atoms with E-state index in [1.54, 1.807) is 17.7 Å². The lowest BCUT2D eigenvalue weighted by Crippen LogP contribution is -2.43. The van der Waals surface area contributed by atoms with E-state index >= 15 is 0 Å². The molecule has 0 atom stereocenters. The van der Waals surface area contributed by atoms with Crippen molar-refractivity contribution in [3.8, 4) is 0 Å². The Balaban J connectivity index is 1.30. The Bertz CT molecular complexity index is 1140. The molecule has 1 N–H and O–H groups in total. The lowest BCUT2D eigenvalue weighted by molar-refractivity contribution is 0.122. The average molecular weight is 425 g/mol. The first kappa shape index (κ1) is 18.3. The maximum Gasteiger partial charge on any atom is 0.255 e. The van der Waals surface area contributed by atoms with Gasteiger partial charge in [-0.25, -0.2) is 15.0 Å². The van der Waals surface area contributed by atoms with E-state index in [0.717, 1.165) is 79.2 Å². The molecule has 1 spiro atoms. The number of rotatable bonds is 2. The number of aromatic amines is 1. The third-order valence-corrected chi connectivity index (χ3v) is 7.75. The van der Waals surface area contributed by atoms with Gasteiger partial charge in [0, 0.05) is 37.2 Å². The first-order valence-electron chi connectivity index (χ1n) is 10.6. The Hall–Kier alpha value is -2.52. The summed E-state index contributed by atoms with van der Waals surface area (Å²) in [5, 5.41) is 3.21. The minimum Gasteiger partial charge on any atom is -0.378 e. The van der Waals surface area contributed by atoms with Crippen molar-refractivity contribution in [2.24, 2.45) is 0 Å². The van der Waals surface area contributed by atoms with Gasteiger partial charge in [-0.1, -0.05) is 0 Å². The largest absolute Gasteiger partial charge is 0.378 e. The number of anilines is 2. The van der Waals surface area contributed by atoms with Crippen LogP contribution in [0.15, 0.2) is 22.6 Å². The van der Waals surface area contributed by atoms with Gasteiger partial charge in [-0.05, 0) is 37.1 Å². The summed E-state index contributed by atoms with van der Waals surface area (Å²) in [6.07, 6.45) is 5.49. The van der Waals surface area contributed by atoms with Crippen LogP contribution >= 0.6 is 11.3 Å². The highest BCUT2D eigenvalue weighted by atomic mass is 32.1. The second kappa shape index (κ2) is 7.02. The molecule has 3 aromatic heterocycles. The molecule has 2 aliphatic heterocycles. The summed E-state index contributed by atoms with van der Waals surface area (Å²) >= 11 is 1.65. The third-order valence-electron chi connectivity index (χ3n) is 6.93. The van der Waals surface area contributed by atoms with Crippen LogP contribution in [0.3, 0.4) is 0 Å². The SMILES string of the molecule is O=c1[nH]c(N2CCOCC2)nc2c1CCC21CCN(c2ncnc3sccc23)CC1. The van der Waals surface area contributed by atoms with Gasteiger partial charge in [0.2, 0.25) is 5.95 Å². The van der Waals surface area contributed by atoms with Gasteiger partial charge in [0.1, 0.15) is 17.0 Å². The number of hydrogen-bond donors (Lipinski definition) is 1. The van der Waals surface area contributed by atoms with Crippen LogP contribution in [0.1, 0.15) is 30.5 Å². The summed E-state index contributed by atoms with van der Waals surface area (Å²) in [6, 6.07) is 2.11. The molecule has 6 rings (SSSR count). The van der Waals surface area contributed by atoms with Crippen molar-refractivity contribution in [1.82, 2.24) is 19.9 Å². The molecule has 0 amide bonds. The van der Waals surface area contributed by atoms with Crippen molar-refractivity contribution in [3.05, 3.63) is 39.4 Å². The Kier molecular flexibility index (Phi) is 4.28. The molecular weight excluding hydrogens is 400 g/mol. The molecule has 3 aliphatic rings. The van der Waals surface area contributed by atoms with E-state index in [1.165, 1.54) is 0 Å². The zero-order valence-electron chi connectivity index (χ0n) is 16.8. The van der Waals surface area contributed by atoms with Gasteiger partial charge in [0.15, 0.2) is 0 Å². The molecule has 0 bridgehead atoms. The fourth-order valence-electron chi connectivity index (χ4n) is 5.23. The zero-order chi connectivity index (χ0) is 20.1. The Morgan fingerprint density at radius 3 is 2.73 bits per heavy atom. The smallest absolute Gasteiger partial charge is 0.255 e. The molecule has 3 aromatic rings. The third kappa shape index (κ3) is 2.83. The normalized spacial score (nSPS) is 20.8. The number of morpholine rings is 1. The monoisotopic (exact) mass is 424 g/mol. The number of hydrogen-bond acceptors (Lipinski definition) is 8. The van der Waals surface area contributed by atoms with Gasteiger partial charge in [0.25, 0.3) is 5.56 Å². The van der Waals surface area contributed by atoms with Crippen molar-refractivity contribution >= 4 is 33.3 Å². The topological polar surface area (TPSA) is 87.2 Å². The summed E-state index contributed by atoms with van der Waals surface area (Å²) < 4.78 is 5.46. The standard InChI is InChI=1S/C21H24N6O2S/c28-18-14-1-3-21(16(14)24-20(25-18)27-8-10-29-11-9-27)4-6-26(7-5-21)17-15-2-12-30-19(15)23-13-22-17/h2,12-13H,1,3-11H2,(H,24,25,28). The minimum absolute atomic E-state index is 0.00191. The second-order valence-electron chi connectivity index (χ2n) is 8.42. The number of nitrogens with one attached hydrogen (secondary N) is 1. The summed E-state index contributed by atoms with van der Waals surface area (Å²) in [7, 11) is 0.